The number of rotatable bonds is 3. The van der Waals surface area contributed by atoms with Gasteiger partial charge in [0, 0.05) is 11.8 Å². The summed E-state index contributed by atoms with van der Waals surface area (Å²) in [6, 6.07) is 6.52. The van der Waals surface area contributed by atoms with Gasteiger partial charge in [-0.2, -0.15) is 0 Å². The van der Waals surface area contributed by atoms with E-state index in [2.05, 4.69) is 21.2 Å². The number of carboxylic acids is 1. The molecule has 2 aromatic carbocycles. The monoisotopic (exact) mass is 341 g/mol. The van der Waals surface area contributed by atoms with Gasteiger partial charge >= 0.3 is 5.97 Å². The molecule has 0 aliphatic carbocycles. The Morgan fingerprint density at radius 3 is 2.50 bits per heavy atom. The first-order chi connectivity index (χ1) is 9.38. The highest BCUT2D eigenvalue weighted by Crippen LogP contribution is 2.27. The van der Waals surface area contributed by atoms with Crippen LogP contribution in [0.5, 0.6) is 0 Å². The number of aryl methyl sites for hydroxylation is 1. The fourth-order valence-electron chi connectivity index (χ4n) is 1.76. The Bertz CT molecular complexity index is 689. The van der Waals surface area contributed by atoms with E-state index in [-0.39, 0.29) is 15.7 Å². The standard InChI is InChI=1S/C14H10BrF2NO2/c1-7-4-8(2-3-9(7)14(19)20)18-13-6-11(16)10(15)5-12(13)17/h2-6,18H,1H3,(H,19,20). The maximum absolute atomic E-state index is 13.7. The molecule has 104 valence electrons. The molecule has 0 aromatic heterocycles. The summed E-state index contributed by atoms with van der Waals surface area (Å²) in [7, 11) is 0. The average molecular weight is 342 g/mol. The minimum atomic E-state index is -1.03. The highest BCUT2D eigenvalue weighted by atomic mass is 79.9. The van der Waals surface area contributed by atoms with Gasteiger partial charge in [0.05, 0.1) is 15.7 Å². The maximum atomic E-state index is 13.7. The molecule has 0 radical (unpaired) electrons. The number of hydrogen-bond donors (Lipinski definition) is 2. The van der Waals surface area contributed by atoms with Crippen molar-refractivity contribution in [3.63, 3.8) is 0 Å². The van der Waals surface area contributed by atoms with Gasteiger partial charge in [-0.3, -0.25) is 0 Å². The van der Waals surface area contributed by atoms with E-state index >= 15 is 0 Å². The van der Waals surface area contributed by atoms with Gasteiger partial charge in [0.15, 0.2) is 0 Å². The van der Waals surface area contributed by atoms with Crippen molar-refractivity contribution >= 4 is 33.3 Å². The zero-order chi connectivity index (χ0) is 14.9. The Morgan fingerprint density at radius 1 is 1.20 bits per heavy atom. The lowest BCUT2D eigenvalue weighted by Gasteiger charge is -2.10. The van der Waals surface area contributed by atoms with Gasteiger partial charge in [0.2, 0.25) is 0 Å². The number of nitrogens with one attached hydrogen (secondary N) is 1. The summed E-state index contributed by atoms with van der Waals surface area (Å²) in [5.74, 6) is -2.24. The second kappa shape index (κ2) is 5.58. The third kappa shape index (κ3) is 2.96. The van der Waals surface area contributed by atoms with E-state index in [1.165, 1.54) is 12.1 Å². The predicted octanol–water partition coefficient (Wildman–Crippen LogP) is 4.48. The highest BCUT2D eigenvalue weighted by Gasteiger charge is 2.10. The third-order valence-corrected chi connectivity index (χ3v) is 3.35. The van der Waals surface area contributed by atoms with E-state index in [4.69, 9.17) is 5.11 Å². The van der Waals surface area contributed by atoms with Crippen molar-refractivity contribution in [1.82, 2.24) is 0 Å². The second-order valence-corrected chi connectivity index (χ2v) is 5.06. The molecule has 0 aliphatic heterocycles. The Kier molecular flexibility index (Phi) is 4.04. The van der Waals surface area contributed by atoms with Crippen LogP contribution in [0.1, 0.15) is 15.9 Å². The first kappa shape index (κ1) is 14.5. The summed E-state index contributed by atoms with van der Waals surface area (Å²) in [6.07, 6.45) is 0. The third-order valence-electron chi connectivity index (χ3n) is 2.75. The highest BCUT2D eigenvalue weighted by molar-refractivity contribution is 9.10. The normalized spacial score (nSPS) is 10.4. The van der Waals surface area contributed by atoms with E-state index in [9.17, 15) is 13.6 Å². The number of anilines is 2. The lowest BCUT2D eigenvalue weighted by molar-refractivity contribution is 0.0696. The van der Waals surface area contributed by atoms with Crippen LogP contribution in [-0.2, 0) is 0 Å². The number of carboxylic acid groups (broad SMARTS) is 1. The van der Waals surface area contributed by atoms with Crippen molar-refractivity contribution in [2.45, 2.75) is 6.92 Å². The van der Waals surface area contributed by atoms with Crippen LogP contribution in [0.25, 0.3) is 0 Å². The number of aromatic carboxylic acids is 1. The summed E-state index contributed by atoms with van der Waals surface area (Å²) in [6.45, 7) is 1.63. The molecule has 0 fully saturated rings. The Balaban J connectivity index is 2.33. The Labute approximate surface area is 122 Å². The van der Waals surface area contributed by atoms with E-state index in [1.807, 2.05) is 0 Å². The first-order valence-corrected chi connectivity index (χ1v) is 6.43. The lowest BCUT2D eigenvalue weighted by Crippen LogP contribution is -2.01. The van der Waals surface area contributed by atoms with Crippen molar-refractivity contribution in [3.8, 4) is 0 Å². The van der Waals surface area contributed by atoms with E-state index in [0.717, 1.165) is 12.1 Å². The van der Waals surface area contributed by atoms with Gasteiger partial charge in [-0.1, -0.05) is 0 Å². The summed E-state index contributed by atoms with van der Waals surface area (Å²) in [5, 5.41) is 11.6. The van der Waals surface area contributed by atoms with Crippen molar-refractivity contribution in [2.75, 3.05) is 5.32 Å². The van der Waals surface area contributed by atoms with Crippen LogP contribution in [0.2, 0.25) is 0 Å². The number of carbonyl (C=O) groups is 1. The zero-order valence-electron chi connectivity index (χ0n) is 10.4. The minimum absolute atomic E-state index is 0.0202. The van der Waals surface area contributed by atoms with Gasteiger partial charge in [0.25, 0.3) is 0 Å². The number of benzene rings is 2. The molecule has 0 aliphatic rings. The molecule has 2 rings (SSSR count). The Hall–Kier alpha value is -1.95. The van der Waals surface area contributed by atoms with Crippen LogP contribution in [0.4, 0.5) is 20.2 Å². The molecule has 0 bridgehead atoms. The molecule has 2 N–H and O–H groups in total. The predicted molar refractivity (Wildman–Crippen MR) is 75.5 cm³/mol. The van der Waals surface area contributed by atoms with Gasteiger partial charge in [-0.15, -0.1) is 0 Å². The average Bonchev–Trinajstić information content (AvgIpc) is 2.35. The van der Waals surface area contributed by atoms with Crippen molar-refractivity contribution in [2.24, 2.45) is 0 Å². The summed E-state index contributed by atoms with van der Waals surface area (Å²) >= 11 is 2.89. The molecule has 20 heavy (non-hydrogen) atoms. The SMILES string of the molecule is Cc1cc(Nc2cc(F)c(Br)cc2F)ccc1C(=O)O. The smallest absolute Gasteiger partial charge is 0.335 e. The van der Waals surface area contributed by atoms with Crippen molar-refractivity contribution < 1.29 is 18.7 Å². The fraction of sp³-hybridized carbons (Fsp3) is 0.0714. The number of hydrogen-bond acceptors (Lipinski definition) is 2. The van der Waals surface area contributed by atoms with Crippen LogP contribution >= 0.6 is 15.9 Å². The number of halogens is 3. The quantitative estimate of drug-likeness (QED) is 0.809. The van der Waals surface area contributed by atoms with Gasteiger partial charge in [0.1, 0.15) is 11.6 Å². The molecular formula is C14H10BrF2NO2. The zero-order valence-corrected chi connectivity index (χ0v) is 12.0. The topological polar surface area (TPSA) is 49.3 Å². The van der Waals surface area contributed by atoms with Gasteiger partial charge < -0.3 is 10.4 Å². The molecule has 0 heterocycles. The van der Waals surface area contributed by atoms with E-state index in [0.29, 0.717) is 11.3 Å². The molecule has 0 saturated heterocycles. The molecule has 0 amide bonds. The molecule has 0 unspecified atom stereocenters. The molecule has 2 aromatic rings. The molecule has 0 saturated carbocycles. The largest absolute Gasteiger partial charge is 0.478 e. The van der Waals surface area contributed by atoms with Crippen LogP contribution in [0.3, 0.4) is 0 Å². The van der Waals surface area contributed by atoms with Gasteiger partial charge in [-0.25, -0.2) is 13.6 Å². The summed E-state index contributed by atoms with van der Waals surface area (Å²) in [5.41, 5.74) is 1.15. The van der Waals surface area contributed by atoms with Crippen LogP contribution in [-0.4, -0.2) is 11.1 Å². The lowest BCUT2D eigenvalue weighted by atomic mass is 10.1. The van der Waals surface area contributed by atoms with Crippen LogP contribution in [0.15, 0.2) is 34.8 Å². The maximum Gasteiger partial charge on any atom is 0.335 e. The van der Waals surface area contributed by atoms with Gasteiger partial charge in [-0.05, 0) is 52.7 Å². The van der Waals surface area contributed by atoms with Crippen molar-refractivity contribution in [1.29, 1.82) is 0 Å². The second-order valence-electron chi connectivity index (χ2n) is 4.21. The molecular weight excluding hydrogens is 332 g/mol. The minimum Gasteiger partial charge on any atom is -0.478 e. The van der Waals surface area contributed by atoms with E-state index in [1.54, 1.807) is 13.0 Å². The first-order valence-electron chi connectivity index (χ1n) is 5.64. The summed E-state index contributed by atoms with van der Waals surface area (Å²) in [4.78, 5) is 10.9. The van der Waals surface area contributed by atoms with Crippen molar-refractivity contribution in [3.05, 3.63) is 57.6 Å². The van der Waals surface area contributed by atoms with Crippen LogP contribution in [0, 0.1) is 18.6 Å². The Morgan fingerprint density at radius 2 is 1.90 bits per heavy atom. The molecule has 0 spiro atoms. The molecule has 3 nitrogen and oxygen atoms in total. The molecule has 6 heteroatoms. The van der Waals surface area contributed by atoms with E-state index < -0.39 is 17.6 Å². The fourth-order valence-corrected chi connectivity index (χ4v) is 2.07. The molecule has 0 atom stereocenters. The van der Waals surface area contributed by atoms with Crippen LogP contribution < -0.4 is 5.32 Å². The summed E-state index contributed by atoms with van der Waals surface area (Å²) < 4.78 is 27.1.